The third kappa shape index (κ3) is 4.69. The first-order valence-electron chi connectivity index (χ1n) is 7.24. The van der Waals surface area contributed by atoms with Gasteiger partial charge in [-0.05, 0) is 44.4 Å². The quantitative estimate of drug-likeness (QED) is 0.731. The van der Waals surface area contributed by atoms with E-state index in [9.17, 15) is 0 Å². The number of methoxy groups -OCH3 is 1. The Hall–Kier alpha value is -1.26. The predicted octanol–water partition coefficient (Wildman–Crippen LogP) is 2.73. The van der Waals surface area contributed by atoms with Gasteiger partial charge in [-0.3, -0.25) is 0 Å². The molecule has 0 amide bonds. The first-order valence-corrected chi connectivity index (χ1v) is 7.24. The van der Waals surface area contributed by atoms with Crippen molar-refractivity contribution < 1.29 is 14.6 Å². The predicted molar refractivity (Wildman–Crippen MR) is 81.4 cm³/mol. The van der Waals surface area contributed by atoms with Crippen LogP contribution in [-0.4, -0.2) is 31.0 Å². The van der Waals surface area contributed by atoms with Gasteiger partial charge in [-0.2, -0.15) is 0 Å². The number of aliphatic hydroxyl groups is 1. The van der Waals surface area contributed by atoms with Crippen LogP contribution in [0.3, 0.4) is 0 Å². The van der Waals surface area contributed by atoms with Crippen LogP contribution in [0.4, 0.5) is 0 Å². The van der Waals surface area contributed by atoms with Crippen LogP contribution in [-0.2, 0) is 6.54 Å². The molecule has 1 rings (SSSR count). The zero-order chi connectivity index (χ0) is 15.0. The number of hydrogen-bond acceptors (Lipinski definition) is 4. The summed E-state index contributed by atoms with van der Waals surface area (Å²) < 4.78 is 10.9. The lowest BCUT2D eigenvalue weighted by Crippen LogP contribution is -2.42. The summed E-state index contributed by atoms with van der Waals surface area (Å²) in [5.74, 6) is 1.53. The number of rotatable bonds is 9. The Morgan fingerprint density at radius 3 is 2.55 bits per heavy atom. The molecule has 0 saturated carbocycles. The van der Waals surface area contributed by atoms with E-state index in [1.807, 2.05) is 25.1 Å². The van der Waals surface area contributed by atoms with Crippen molar-refractivity contribution in [1.82, 2.24) is 5.32 Å². The Bertz CT molecular complexity index is 409. The van der Waals surface area contributed by atoms with E-state index in [0.29, 0.717) is 6.61 Å². The van der Waals surface area contributed by atoms with Crippen molar-refractivity contribution in [3.8, 4) is 11.5 Å². The second-order valence-electron chi connectivity index (χ2n) is 5.16. The number of nitrogens with one attached hydrogen (secondary N) is 1. The monoisotopic (exact) mass is 281 g/mol. The van der Waals surface area contributed by atoms with Crippen LogP contribution in [0.25, 0.3) is 0 Å². The molecule has 2 N–H and O–H groups in total. The molecule has 1 atom stereocenters. The third-order valence-corrected chi connectivity index (χ3v) is 3.69. The Balaban J connectivity index is 2.75. The van der Waals surface area contributed by atoms with Crippen molar-refractivity contribution in [1.29, 1.82) is 0 Å². The summed E-state index contributed by atoms with van der Waals surface area (Å²) in [5, 5.41) is 12.6. The normalized spacial score (nSPS) is 13.8. The minimum absolute atomic E-state index is 0.0412. The summed E-state index contributed by atoms with van der Waals surface area (Å²) >= 11 is 0. The van der Waals surface area contributed by atoms with E-state index < -0.39 is 0 Å². The highest BCUT2D eigenvalue weighted by atomic mass is 16.5. The van der Waals surface area contributed by atoms with E-state index in [-0.39, 0.29) is 12.1 Å². The Kier molecular flexibility index (Phi) is 6.82. The van der Waals surface area contributed by atoms with Gasteiger partial charge in [0.15, 0.2) is 11.5 Å². The Morgan fingerprint density at radius 2 is 2.00 bits per heavy atom. The Morgan fingerprint density at radius 1 is 1.25 bits per heavy atom. The molecule has 4 nitrogen and oxygen atoms in total. The molecule has 1 aromatic rings. The minimum Gasteiger partial charge on any atom is -0.493 e. The molecule has 0 heterocycles. The van der Waals surface area contributed by atoms with Gasteiger partial charge in [-0.25, -0.2) is 0 Å². The fourth-order valence-electron chi connectivity index (χ4n) is 2.05. The second kappa shape index (κ2) is 8.12. The van der Waals surface area contributed by atoms with E-state index >= 15 is 0 Å². The lowest BCUT2D eigenvalue weighted by molar-refractivity contribution is 0.214. The molecule has 0 fully saturated rings. The van der Waals surface area contributed by atoms with E-state index in [0.717, 1.165) is 36.4 Å². The van der Waals surface area contributed by atoms with Gasteiger partial charge < -0.3 is 19.9 Å². The van der Waals surface area contributed by atoms with Crippen LogP contribution in [0.5, 0.6) is 11.5 Å². The molecular formula is C16H27NO3. The van der Waals surface area contributed by atoms with E-state index in [1.54, 1.807) is 7.11 Å². The fraction of sp³-hybridized carbons (Fsp3) is 0.625. The van der Waals surface area contributed by atoms with Crippen LogP contribution >= 0.6 is 0 Å². The second-order valence-corrected chi connectivity index (χ2v) is 5.16. The molecule has 0 aromatic heterocycles. The number of hydrogen-bond donors (Lipinski definition) is 2. The third-order valence-electron chi connectivity index (χ3n) is 3.69. The highest BCUT2D eigenvalue weighted by Gasteiger charge is 2.20. The lowest BCUT2D eigenvalue weighted by Gasteiger charge is -2.29. The van der Waals surface area contributed by atoms with Gasteiger partial charge in [0.25, 0.3) is 0 Å². The molecular weight excluding hydrogens is 254 g/mol. The van der Waals surface area contributed by atoms with Crippen molar-refractivity contribution in [2.24, 2.45) is 0 Å². The van der Waals surface area contributed by atoms with Crippen LogP contribution in [0, 0.1) is 0 Å². The maximum absolute atomic E-state index is 9.14. The fourth-order valence-corrected chi connectivity index (χ4v) is 2.05. The first-order chi connectivity index (χ1) is 9.58. The van der Waals surface area contributed by atoms with E-state index in [1.165, 1.54) is 0 Å². The topological polar surface area (TPSA) is 50.7 Å². The Labute approximate surface area is 122 Å². The van der Waals surface area contributed by atoms with Gasteiger partial charge in [0.2, 0.25) is 0 Å². The summed E-state index contributed by atoms with van der Waals surface area (Å²) in [5.41, 5.74) is 1.10. The SMILES string of the molecule is CCOc1cc(CNC(C)(CC)CCO)ccc1OC. The van der Waals surface area contributed by atoms with Crippen LogP contribution in [0.15, 0.2) is 18.2 Å². The molecule has 0 aliphatic carbocycles. The molecule has 1 aromatic carbocycles. The molecule has 0 bridgehead atoms. The standard InChI is InChI=1S/C16H27NO3/c1-5-16(3,9-10-18)17-12-13-7-8-14(19-4)15(11-13)20-6-2/h7-8,11,17-18H,5-6,9-10,12H2,1-4H3. The van der Waals surface area contributed by atoms with Gasteiger partial charge in [0.05, 0.1) is 13.7 Å². The van der Waals surface area contributed by atoms with Gasteiger partial charge in [0, 0.05) is 18.7 Å². The lowest BCUT2D eigenvalue weighted by atomic mass is 9.94. The summed E-state index contributed by atoms with van der Waals surface area (Å²) in [6, 6.07) is 5.96. The molecule has 0 aliphatic rings. The van der Waals surface area contributed by atoms with Crippen LogP contribution < -0.4 is 14.8 Å². The zero-order valence-electron chi connectivity index (χ0n) is 13.0. The number of ether oxygens (including phenoxy) is 2. The van der Waals surface area contributed by atoms with Crippen molar-refractivity contribution in [2.45, 2.75) is 45.7 Å². The van der Waals surface area contributed by atoms with Crippen molar-refractivity contribution in [2.75, 3.05) is 20.3 Å². The maximum atomic E-state index is 9.14. The van der Waals surface area contributed by atoms with E-state index in [2.05, 4.69) is 19.2 Å². The smallest absolute Gasteiger partial charge is 0.161 e. The molecule has 114 valence electrons. The molecule has 1 unspecified atom stereocenters. The maximum Gasteiger partial charge on any atom is 0.161 e. The number of aliphatic hydroxyl groups excluding tert-OH is 1. The summed E-state index contributed by atoms with van der Waals surface area (Å²) in [7, 11) is 1.64. The summed E-state index contributed by atoms with van der Waals surface area (Å²) in [4.78, 5) is 0. The van der Waals surface area contributed by atoms with Crippen LogP contribution in [0.1, 0.15) is 39.2 Å². The van der Waals surface area contributed by atoms with Crippen molar-refractivity contribution >= 4 is 0 Å². The molecule has 0 saturated heterocycles. The summed E-state index contributed by atoms with van der Waals surface area (Å²) in [6.07, 6.45) is 1.72. The average Bonchev–Trinajstić information content (AvgIpc) is 2.46. The van der Waals surface area contributed by atoms with E-state index in [4.69, 9.17) is 14.6 Å². The van der Waals surface area contributed by atoms with Gasteiger partial charge in [-0.15, -0.1) is 0 Å². The highest BCUT2D eigenvalue weighted by molar-refractivity contribution is 5.42. The first kappa shape index (κ1) is 16.8. The molecule has 20 heavy (non-hydrogen) atoms. The number of benzene rings is 1. The van der Waals surface area contributed by atoms with Gasteiger partial charge in [0.1, 0.15) is 0 Å². The minimum atomic E-state index is -0.0412. The van der Waals surface area contributed by atoms with Crippen molar-refractivity contribution in [3.05, 3.63) is 23.8 Å². The molecule has 0 spiro atoms. The highest BCUT2D eigenvalue weighted by Crippen LogP contribution is 2.28. The molecule has 0 aliphatic heterocycles. The summed E-state index contributed by atoms with van der Waals surface area (Å²) in [6.45, 7) is 7.78. The zero-order valence-corrected chi connectivity index (χ0v) is 13.0. The molecule has 4 heteroatoms. The van der Waals surface area contributed by atoms with Crippen LogP contribution in [0.2, 0.25) is 0 Å². The molecule has 0 radical (unpaired) electrons. The van der Waals surface area contributed by atoms with Gasteiger partial charge >= 0.3 is 0 Å². The largest absolute Gasteiger partial charge is 0.493 e. The average molecular weight is 281 g/mol. The van der Waals surface area contributed by atoms with Gasteiger partial charge in [-0.1, -0.05) is 13.0 Å². The van der Waals surface area contributed by atoms with Crippen molar-refractivity contribution in [3.63, 3.8) is 0 Å².